The fraction of sp³-hybridized carbons (Fsp3) is 0.174. The van der Waals surface area contributed by atoms with E-state index in [-0.39, 0.29) is 11.7 Å². The normalized spacial score (nSPS) is 14.0. The SMILES string of the molecule is O=C(c1ccc(Oc2ccccc2)cc1)N1CCN(c2ccccc2F)CC1. The Morgan fingerprint density at radius 1 is 0.750 bits per heavy atom. The van der Waals surface area contributed by atoms with E-state index in [9.17, 15) is 9.18 Å². The smallest absolute Gasteiger partial charge is 0.253 e. The third kappa shape index (κ3) is 3.98. The minimum atomic E-state index is -0.226. The molecular weight excluding hydrogens is 355 g/mol. The van der Waals surface area contributed by atoms with Crippen LogP contribution in [0.25, 0.3) is 0 Å². The van der Waals surface area contributed by atoms with Crippen molar-refractivity contribution in [2.24, 2.45) is 0 Å². The number of para-hydroxylation sites is 2. The number of hydrogen-bond donors (Lipinski definition) is 0. The molecule has 3 aromatic rings. The van der Waals surface area contributed by atoms with Crippen LogP contribution in [0.2, 0.25) is 0 Å². The number of amides is 1. The second-order valence-electron chi connectivity index (χ2n) is 6.67. The first-order chi connectivity index (χ1) is 13.7. The highest BCUT2D eigenvalue weighted by Gasteiger charge is 2.23. The number of benzene rings is 3. The molecule has 1 heterocycles. The highest BCUT2D eigenvalue weighted by molar-refractivity contribution is 5.94. The van der Waals surface area contributed by atoms with E-state index in [1.54, 1.807) is 36.4 Å². The van der Waals surface area contributed by atoms with Crippen LogP contribution in [0.3, 0.4) is 0 Å². The lowest BCUT2D eigenvalue weighted by atomic mass is 10.1. The molecule has 0 N–H and O–H groups in total. The summed E-state index contributed by atoms with van der Waals surface area (Å²) < 4.78 is 19.7. The molecule has 0 bridgehead atoms. The first-order valence-corrected chi connectivity index (χ1v) is 9.32. The molecule has 142 valence electrons. The fourth-order valence-corrected chi connectivity index (χ4v) is 3.33. The monoisotopic (exact) mass is 376 g/mol. The molecule has 4 rings (SSSR count). The van der Waals surface area contributed by atoms with Crippen LogP contribution >= 0.6 is 0 Å². The average Bonchev–Trinajstić information content (AvgIpc) is 2.75. The van der Waals surface area contributed by atoms with E-state index in [4.69, 9.17) is 4.74 Å². The van der Waals surface area contributed by atoms with Gasteiger partial charge in [0.05, 0.1) is 5.69 Å². The van der Waals surface area contributed by atoms with Crippen molar-refractivity contribution in [2.75, 3.05) is 31.1 Å². The zero-order valence-electron chi connectivity index (χ0n) is 15.4. The fourth-order valence-electron chi connectivity index (χ4n) is 3.33. The Bertz CT molecular complexity index is 936. The van der Waals surface area contributed by atoms with Crippen molar-refractivity contribution in [3.8, 4) is 11.5 Å². The lowest BCUT2D eigenvalue weighted by Crippen LogP contribution is -2.49. The summed E-state index contributed by atoms with van der Waals surface area (Å²) in [6.07, 6.45) is 0. The number of ether oxygens (including phenoxy) is 1. The van der Waals surface area contributed by atoms with Crippen molar-refractivity contribution in [1.29, 1.82) is 0 Å². The van der Waals surface area contributed by atoms with Crippen molar-refractivity contribution in [1.82, 2.24) is 4.90 Å². The quantitative estimate of drug-likeness (QED) is 0.668. The van der Waals surface area contributed by atoms with Crippen LogP contribution in [-0.2, 0) is 0 Å². The Labute approximate surface area is 163 Å². The van der Waals surface area contributed by atoms with Gasteiger partial charge in [0.2, 0.25) is 0 Å². The second-order valence-corrected chi connectivity index (χ2v) is 6.67. The maximum absolute atomic E-state index is 14.0. The Kier molecular flexibility index (Phi) is 5.24. The number of piperazine rings is 1. The summed E-state index contributed by atoms with van der Waals surface area (Å²) in [5, 5.41) is 0. The van der Waals surface area contributed by atoms with Gasteiger partial charge in [0.1, 0.15) is 17.3 Å². The Balaban J connectivity index is 1.37. The van der Waals surface area contributed by atoms with Crippen LogP contribution < -0.4 is 9.64 Å². The molecule has 0 radical (unpaired) electrons. The first-order valence-electron chi connectivity index (χ1n) is 9.32. The van der Waals surface area contributed by atoms with E-state index < -0.39 is 0 Å². The van der Waals surface area contributed by atoms with Gasteiger partial charge in [0.25, 0.3) is 5.91 Å². The summed E-state index contributed by atoms with van der Waals surface area (Å²) in [7, 11) is 0. The van der Waals surface area contributed by atoms with E-state index in [0.717, 1.165) is 5.75 Å². The lowest BCUT2D eigenvalue weighted by molar-refractivity contribution is 0.0746. The maximum atomic E-state index is 14.0. The van der Waals surface area contributed by atoms with Gasteiger partial charge in [-0.05, 0) is 48.5 Å². The summed E-state index contributed by atoms with van der Waals surface area (Å²) in [4.78, 5) is 16.6. The summed E-state index contributed by atoms with van der Waals surface area (Å²) in [5.74, 6) is 1.20. The van der Waals surface area contributed by atoms with Crippen molar-refractivity contribution < 1.29 is 13.9 Å². The molecule has 1 fully saturated rings. The summed E-state index contributed by atoms with van der Waals surface area (Å²) in [6.45, 7) is 2.36. The van der Waals surface area contributed by atoms with Crippen molar-refractivity contribution in [3.63, 3.8) is 0 Å². The van der Waals surface area contributed by atoms with Crippen LogP contribution in [-0.4, -0.2) is 37.0 Å². The Hall–Kier alpha value is -3.34. The third-order valence-electron chi connectivity index (χ3n) is 4.84. The molecule has 0 aliphatic carbocycles. The first kappa shape index (κ1) is 18.0. The van der Waals surface area contributed by atoms with Crippen LogP contribution in [0, 0.1) is 5.82 Å². The topological polar surface area (TPSA) is 32.8 Å². The van der Waals surface area contributed by atoms with Crippen molar-refractivity contribution in [3.05, 3.63) is 90.2 Å². The van der Waals surface area contributed by atoms with Gasteiger partial charge in [-0.25, -0.2) is 4.39 Å². The molecule has 28 heavy (non-hydrogen) atoms. The van der Waals surface area contributed by atoms with Crippen LogP contribution in [0.4, 0.5) is 10.1 Å². The molecule has 0 spiro atoms. The largest absolute Gasteiger partial charge is 0.457 e. The third-order valence-corrected chi connectivity index (χ3v) is 4.84. The predicted octanol–water partition coefficient (Wildman–Crippen LogP) is 4.58. The number of rotatable bonds is 4. The molecule has 0 aromatic heterocycles. The van der Waals surface area contributed by atoms with Crippen molar-refractivity contribution in [2.45, 2.75) is 0 Å². The van der Waals surface area contributed by atoms with Crippen LogP contribution in [0.1, 0.15) is 10.4 Å². The number of hydrogen-bond acceptors (Lipinski definition) is 3. The highest BCUT2D eigenvalue weighted by atomic mass is 19.1. The second kappa shape index (κ2) is 8.13. The molecule has 0 atom stereocenters. The van der Waals surface area contributed by atoms with Crippen LogP contribution in [0.15, 0.2) is 78.9 Å². The predicted molar refractivity (Wildman–Crippen MR) is 107 cm³/mol. The van der Waals surface area contributed by atoms with Gasteiger partial charge in [-0.1, -0.05) is 30.3 Å². The van der Waals surface area contributed by atoms with E-state index in [1.807, 2.05) is 46.2 Å². The summed E-state index contributed by atoms with van der Waals surface area (Å²) >= 11 is 0. The number of anilines is 1. The van der Waals surface area contributed by atoms with Gasteiger partial charge >= 0.3 is 0 Å². The maximum Gasteiger partial charge on any atom is 0.253 e. The Morgan fingerprint density at radius 3 is 2.04 bits per heavy atom. The van der Waals surface area contributed by atoms with E-state index in [1.165, 1.54) is 6.07 Å². The molecule has 0 saturated carbocycles. The minimum absolute atomic E-state index is 0.0144. The van der Waals surface area contributed by atoms with Gasteiger partial charge in [-0.3, -0.25) is 4.79 Å². The molecule has 1 aliphatic rings. The molecule has 1 saturated heterocycles. The number of halogens is 1. The number of carbonyl (C=O) groups excluding carboxylic acids is 1. The van der Waals surface area contributed by atoms with Crippen molar-refractivity contribution >= 4 is 11.6 Å². The highest BCUT2D eigenvalue weighted by Crippen LogP contribution is 2.23. The van der Waals surface area contributed by atoms with Gasteiger partial charge < -0.3 is 14.5 Å². The molecule has 1 aliphatic heterocycles. The lowest BCUT2D eigenvalue weighted by Gasteiger charge is -2.36. The molecule has 1 amide bonds. The summed E-state index contributed by atoms with van der Waals surface area (Å²) in [5.41, 5.74) is 1.22. The molecule has 4 nitrogen and oxygen atoms in total. The molecule has 0 unspecified atom stereocenters. The summed E-state index contributed by atoms with van der Waals surface area (Å²) in [6, 6.07) is 23.4. The van der Waals surface area contributed by atoms with E-state index in [2.05, 4.69) is 0 Å². The zero-order chi connectivity index (χ0) is 19.3. The standard InChI is InChI=1S/C23H21FN2O2/c24-21-8-4-5-9-22(21)25-14-16-26(17-15-25)23(27)18-10-12-20(13-11-18)28-19-6-2-1-3-7-19/h1-13H,14-17H2. The number of carbonyl (C=O) groups is 1. The van der Waals surface area contributed by atoms with Crippen LogP contribution in [0.5, 0.6) is 11.5 Å². The number of nitrogens with zero attached hydrogens (tertiary/aromatic N) is 2. The van der Waals surface area contributed by atoms with Gasteiger partial charge in [-0.15, -0.1) is 0 Å². The average molecular weight is 376 g/mol. The molecule has 3 aromatic carbocycles. The van der Waals surface area contributed by atoms with E-state index in [0.29, 0.717) is 43.2 Å². The Morgan fingerprint density at radius 2 is 1.36 bits per heavy atom. The van der Waals surface area contributed by atoms with Gasteiger partial charge in [0.15, 0.2) is 0 Å². The minimum Gasteiger partial charge on any atom is -0.457 e. The zero-order valence-corrected chi connectivity index (χ0v) is 15.4. The molecular formula is C23H21FN2O2. The van der Waals surface area contributed by atoms with E-state index >= 15 is 0 Å². The molecule has 5 heteroatoms. The van der Waals surface area contributed by atoms with Gasteiger partial charge in [0, 0.05) is 31.7 Å². The van der Waals surface area contributed by atoms with Gasteiger partial charge in [-0.2, -0.15) is 0 Å².